The van der Waals surface area contributed by atoms with Crippen molar-refractivity contribution in [3.63, 3.8) is 0 Å². The first-order valence-corrected chi connectivity index (χ1v) is 8.39. The minimum Gasteiger partial charge on any atom is -0.480 e. The molecule has 0 fully saturated rings. The Hall–Kier alpha value is -1.89. The van der Waals surface area contributed by atoms with Crippen molar-refractivity contribution < 1.29 is 23.1 Å². The van der Waals surface area contributed by atoms with Gasteiger partial charge in [-0.15, -0.1) is 0 Å². The highest BCUT2D eigenvalue weighted by Gasteiger charge is 2.20. The molecule has 1 aromatic rings. The van der Waals surface area contributed by atoms with Crippen molar-refractivity contribution in [1.29, 1.82) is 0 Å². The molecule has 2 N–H and O–H groups in total. The normalized spacial score (nSPS) is 12.6. The number of rotatable bonds is 8. The second kappa shape index (κ2) is 7.78. The van der Waals surface area contributed by atoms with Gasteiger partial charge in [-0.1, -0.05) is 30.3 Å². The molecule has 0 spiro atoms. The van der Waals surface area contributed by atoms with Crippen LogP contribution in [0.3, 0.4) is 0 Å². The molecule has 0 aromatic heterocycles. The number of aliphatic carboxylic acids is 1. The van der Waals surface area contributed by atoms with Crippen molar-refractivity contribution in [2.75, 3.05) is 11.5 Å². The third kappa shape index (κ3) is 6.89. The number of hydrogen-bond donors (Lipinski definition) is 2. The summed E-state index contributed by atoms with van der Waals surface area (Å²) in [4.78, 5) is 22.0. The predicted octanol–water partition coefficient (Wildman–Crippen LogP) is 0.623. The number of carbonyl (C=O) groups is 2. The molecule has 0 saturated heterocycles. The molecule has 0 aliphatic heterocycles. The molecule has 0 bridgehead atoms. The molecular weight excluding hydrogens is 294 g/mol. The first-order chi connectivity index (χ1) is 9.80. The predicted molar refractivity (Wildman–Crippen MR) is 78.7 cm³/mol. The molecule has 1 atom stereocenters. The van der Waals surface area contributed by atoms with Gasteiger partial charge >= 0.3 is 5.97 Å². The summed E-state index contributed by atoms with van der Waals surface area (Å²) < 4.78 is 23.5. The smallest absolute Gasteiger partial charge is 0.325 e. The van der Waals surface area contributed by atoms with Gasteiger partial charge in [0.2, 0.25) is 5.91 Å². The van der Waals surface area contributed by atoms with Crippen molar-refractivity contribution in [1.82, 2.24) is 5.32 Å². The van der Waals surface area contributed by atoms with Crippen LogP contribution in [0.5, 0.6) is 0 Å². The van der Waals surface area contributed by atoms with Crippen molar-refractivity contribution in [3.8, 4) is 0 Å². The van der Waals surface area contributed by atoms with Crippen LogP contribution < -0.4 is 5.32 Å². The van der Waals surface area contributed by atoms with E-state index in [1.807, 2.05) is 30.3 Å². The maximum atomic E-state index is 11.8. The lowest BCUT2D eigenvalue weighted by Crippen LogP contribution is -2.41. The second-order valence-electron chi connectivity index (χ2n) is 4.81. The van der Waals surface area contributed by atoms with E-state index < -0.39 is 33.5 Å². The molecule has 1 rings (SSSR count). The van der Waals surface area contributed by atoms with Crippen molar-refractivity contribution in [3.05, 3.63) is 35.9 Å². The molecule has 0 aliphatic rings. The van der Waals surface area contributed by atoms with Crippen LogP contribution in [0.1, 0.15) is 18.9 Å². The van der Waals surface area contributed by atoms with Crippen molar-refractivity contribution >= 4 is 21.7 Å². The minimum absolute atomic E-state index is 0.100. The van der Waals surface area contributed by atoms with Gasteiger partial charge in [0.25, 0.3) is 0 Å². The Morgan fingerprint density at radius 2 is 1.86 bits per heavy atom. The van der Waals surface area contributed by atoms with E-state index in [1.54, 1.807) is 0 Å². The SMILES string of the molecule is CC(NC(=O)CS(=O)(=O)CCCc1ccccc1)C(=O)O. The monoisotopic (exact) mass is 313 g/mol. The average molecular weight is 313 g/mol. The number of hydrogen-bond acceptors (Lipinski definition) is 4. The van der Waals surface area contributed by atoms with E-state index in [0.29, 0.717) is 12.8 Å². The Kier molecular flexibility index (Phi) is 6.36. The molecule has 1 amide bonds. The number of aryl methyl sites for hydroxylation is 1. The minimum atomic E-state index is -3.53. The van der Waals surface area contributed by atoms with E-state index in [-0.39, 0.29) is 5.75 Å². The summed E-state index contributed by atoms with van der Waals surface area (Å²) in [5, 5.41) is 10.8. The summed E-state index contributed by atoms with van der Waals surface area (Å²) in [6, 6.07) is 8.36. The number of nitrogens with one attached hydrogen (secondary N) is 1. The molecule has 0 heterocycles. The third-order valence-corrected chi connectivity index (χ3v) is 4.48. The second-order valence-corrected chi connectivity index (χ2v) is 6.99. The van der Waals surface area contributed by atoms with Crippen LogP contribution in [0.4, 0.5) is 0 Å². The fourth-order valence-electron chi connectivity index (χ4n) is 1.76. The Morgan fingerprint density at radius 3 is 2.43 bits per heavy atom. The molecule has 116 valence electrons. The molecule has 0 saturated carbocycles. The van der Waals surface area contributed by atoms with Crippen LogP contribution in [0, 0.1) is 0 Å². The number of carboxylic acid groups (broad SMARTS) is 1. The van der Waals surface area contributed by atoms with Gasteiger partial charge in [0, 0.05) is 0 Å². The number of carbonyl (C=O) groups excluding carboxylic acids is 1. The molecule has 0 radical (unpaired) electrons. The number of amides is 1. The van der Waals surface area contributed by atoms with Crippen molar-refractivity contribution in [2.24, 2.45) is 0 Å². The van der Waals surface area contributed by atoms with Gasteiger partial charge in [0.05, 0.1) is 5.75 Å². The molecular formula is C14H19NO5S. The van der Waals surface area contributed by atoms with Gasteiger partial charge in [-0.2, -0.15) is 0 Å². The first kappa shape index (κ1) is 17.2. The fraction of sp³-hybridized carbons (Fsp3) is 0.429. The van der Waals surface area contributed by atoms with Crippen LogP contribution >= 0.6 is 0 Å². The molecule has 21 heavy (non-hydrogen) atoms. The van der Waals surface area contributed by atoms with Crippen LogP contribution in [0.25, 0.3) is 0 Å². The standard InChI is InChI=1S/C14H19NO5S/c1-11(14(17)18)15-13(16)10-21(19,20)9-5-8-12-6-3-2-4-7-12/h2-4,6-7,11H,5,8-10H2,1H3,(H,15,16)(H,17,18). The van der Waals surface area contributed by atoms with Gasteiger partial charge in [-0.3, -0.25) is 9.59 Å². The Bertz CT molecular complexity index is 583. The first-order valence-electron chi connectivity index (χ1n) is 6.57. The van der Waals surface area contributed by atoms with Gasteiger partial charge < -0.3 is 10.4 Å². The summed E-state index contributed by atoms with van der Waals surface area (Å²) in [6.07, 6.45) is 1.04. The maximum absolute atomic E-state index is 11.8. The van der Waals surface area contributed by atoms with Gasteiger partial charge in [-0.25, -0.2) is 8.42 Å². The Labute approximate surface area is 124 Å². The lowest BCUT2D eigenvalue weighted by atomic mass is 10.1. The zero-order valence-corrected chi connectivity index (χ0v) is 12.6. The average Bonchev–Trinajstić information content (AvgIpc) is 2.38. The van der Waals surface area contributed by atoms with Crippen LogP contribution in [-0.4, -0.2) is 42.9 Å². The Balaban J connectivity index is 2.40. The van der Waals surface area contributed by atoms with E-state index in [4.69, 9.17) is 5.11 Å². The highest BCUT2D eigenvalue weighted by atomic mass is 32.2. The molecule has 1 aromatic carbocycles. The van der Waals surface area contributed by atoms with Gasteiger partial charge in [0.1, 0.15) is 11.8 Å². The Morgan fingerprint density at radius 1 is 1.24 bits per heavy atom. The lowest BCUT2D eigenvalue weighted by molar-refractivity contribution is -0.140. The summed E-state index contributed by atoms with van der Waals surface area (Å²) in [5.74, 6) is -2.77. The summed E-state index contributed by atoms with van der Waals surface area (Å²) >= 11 is 0. The van der Waals surface area contributed by atoms with Crippen LogP contribution in [-0.2, 0) is 25.8 Å². The highest BCUT2D eigenvalue weighted by molar-refractivity contribution is 7.92. The van der Waals surface area contributed by atoms with E-state index >= 15 is 0 Å². The molecule has 6 nitrogen and oxygen atoms in total. The summed E-state index contributed by atoms with van der Waals surface area (Å²) in [7, 11) is -3.53. The van der Waals surface area contributed by atoms with E-state index in [1.165, 1.54) is 6.92 Å². The maximum Gasteiger partial charge on any atom is 0.325 e. The molecule has 1 unspecified atom stereocenters. The third-order valence-electron chi connectivity index (χ3n) is 2.86. The molecule has 0 aliphatic carbocycles. The van der Waals surface area contributed by atoms with E-state index in [0.717, 1.165) is 5.56 Å². The zero-order valence-electron chi connectivity index (χ0n) is 11.8. The fourth-order valence-corrected chi connectivity index (χ4v) is 2.97. The number of carboxylic acids is 1. The highest BCUT2D eigenvalue weighted by Crippen LogP contribution is 2.04. The van der Waals surface area contributed by atoms with Gasteiger partial charge in [-0.05, 0) is 25.3 Å². The van der Waals surface area contributed by atoms with Crippen LogP contribution in [0.15, 0.2) is 30.3 Å². The quantitative estimate of drug-likeness (QED) is 0.733. The zero-order chi connectivity index (χ0) is 15.9. The number of sulfone groups is 1. The summed E-state index contributed by atoms with van der Waals surface area (Å²) in [6.45, 7) is 1.28. The summed E-state index contributed by atoms with van der Waals surface area (Å²) in [5.41, 5.74) is 1.04. The molecule has 7 heteroatoms. The van der Waals surface area contributed by atoms with E-state index in [2.05, 4.69) is 5.32 Å². The number of benzene rings is 1. The van der Waals surface area contributed by atoms with Crippen LogP contribution in [0.2, 0.25) is 0 Å². The van der Waals surface area contributed by atoms with E-state index in [9.17, 15) is 18.0 Å². The largest absolute Gasteiger partial charge is 0.480 e. The van der Waals surface area contributed by atoms with Gasteiger partial charge in [0.15, 0.2) is 9.84 Å². The lowest BCUT2D eigenvalue weighted by Gasteiger charge is -2.09. The van der Waals surface area contributed by atoms with Crippen molar-refractivity contribution in [2.45, 2.75) is 25.8 Å². The topological polar surface area (TPSA) is 101 Å².